The molecule has 94 valence electrons. The number of aliphatic hydroxyl groups is 1. The number of hydrogen-bond acceptors (Lipinski definition) is 4. The van der Waals surface area contributed by atoms with Gasteiger partial charge in [0, 0.05) is 18.8 Å². The van der Waals surface area contributed by atoms with Gasteiger partial charge in [-0.2, -0.15) is 0 Å². The van der Waals surface area contributed by atoms with E-state index in [2.05, 4.69) is 9.97 Å². The monoisotopic (exact) mass is 247 g/mol. The first-order chi connectivity index (χ1) is 8.70. The van der Waals surface area contributed by atoms with Crippen molar-refractivity contribution in [1.29, 1.82) is 0 Å². The fourth-order valence-electron chi connectivity index (χ4n) is 1.74. The Morgan fingerprint density at radius 2 is 2.17 bits per heavy atom. The maximum Gasteiger partial charge on any atom is 0.142 e. The quantitative estimate of drug-likeness (QED) is 0.894. The summed E-state index contributed by atoms with van der Waals surface area (Å²) in [7, 11) is 1.83. The summed E-state index contributed by atoms with van der Waals surface area (Å²) in [5.41, 5.74) is 1.35. The lowest BCUT2D eigenvalue weighted by molar-refractivity contribution is 0.281. The number of hydrogen-bond donors (Lipinski definition) is 1. The third-order valence-electron chi connectivity index (χ3n) is 2.57. The number of halogens is 1. The highest BCUT2D eigenvalue weighted by molar-refractivity contribution is 5.46. The third kappa shape index (κ3) is 2.81. The molecule has 18 heavy (non-hydrogen) atoms. The Hall–Kier alpha value is -2.01. The molecular weight excluding hydrogens is 233 g/mol. The van der Waals surface area contributed by atoms with Gasteiger partial charge in [-0.25, -0.2) is 9.37 Å². The molecule has 0 radical (unpaired) electrons. The predicted molar refractivity (Wildman–Crippen MR) is 66.5 cm³/mol. The molecule has 5 heteroatoms. The van der Waals surface area contributed by atoms with Gasteiger partial charge < -0.3 is 10.0 Å². The summed E-state index contributed by atoms with van der Waals surface area (Å²) >= 11 is 0. The Labute approximate surface area is 105 Å². The van der Waals surface area contributed by atoms with Crippen LogP contribution >= 0.6 is 0 Å². The van der Waals surface area contributed by atoms with Gasteiger partial charge in [0.15, 0.2) is 0 Å². The molecule has 4 nitrogen and oxygen atoms in total. The van der Waals surface area contributed by atoms with Crippen LogP contribution in [-0.4, -0.2) is 22.1 Å². The zero-order chi connectivity index (χ0) is 13.0. The molecule has 0 bridgehead atoms. The van der Waals surface area contributed by atoms with Gasteiger partial charge in [0.25, 0.3) is 0 Å². The minimum absolute atomic E-state index is 0.243. The fraction of sp³-hybridized carbons (Fsp3) is 0.231. The lowest BCUT2D eigenvalue weighted by Gasteiger charge is -2.20. The van der Waals surface area contributed by atoms with Crippen molar-refractivity contribution >= 4 is 5.82 Å². The average molecular weight is 247 g/mol. The van der Waals surface area contributed by atoms with Gasteiger partial charge in [-0.05, 0) is 18.2 Å². The molecule has 2 heterocycles. The molecular formula is C13H14FN3O. The molecule has 0 saturated heterocycles. The molecule has 0 saturated carbocycles. The zero-order valence-corrected chi connectivity index (χ0v) is 10.0. The van der Waals surface area contributed by atoms with Crippen LogP contribution in [0.15, 0.2) is 36.7 Å². The topological polar surface area (TPSA) is 49.2 Å². The highest BCUT2D eigenvalue weighted by Crippen LogP contribution is 2.18. The highest BCUT2D eigenvalue weighted by Gasteiger charge is 2.10. The smallest absolute Gasteiger partial charge is 0.142 e. The lowest BCUT2D eigenvalue weighted by Crippen LogP contribution is -2.20. The Kier molecular flexibility index (Phi) is 3.84. The highest BCUT2D eigenvalue weighted by atomic mass is 19.1. The zero-order valence-electron chi connectivity index (χ0n) is 10.0. The average Bonchev–Trinajstić information content (AvgIpc) is 2.39. The normalized spacial score (nSPS) is 10.4. The van der Waals surface area contributed by atoms with Crippen LogP contribution in [0.1, 0.15) is 11.3 Å². The second-order valence-electron chi connectivity index (χ2n) is 3.97. The van der Waals surface area contributed by atoms with Crippen LogP contribution in [0.4, 0.5) is 10.2 Å². The second-order valence-corrected chi connectivity index (χ2v) is 3.97. The number of aromatic nitrogens is 2. The number of pyridine rings is 2. The first-order valence-corrected chi connectivity index (χ1v) is 5.57. The number of aliphatic hydroxyl groups excluding tert-OH is 1. The van der Waals surface area contributed by atoms with Crippen LogP contribution in [-0.2, 0) is 13.2 Å². The van der Waals surface area contributed by atoms with E-state index in [1.807, 2.05) is 30.1 Å². The molecule has 0 unspecified atom stereocenters. The summed E-state index contributed by atoms with van der Waals surface area (Å²) < 4.78 is 13.0. The van der Waals surface area contributed by atoms with E-state index in [1.54, 1.807) is 6.20 Å². The summed E-state index contributed by atoms with van der Waals surface area (Å²) in [6.45, 7) is 0.305. The van der Waals surface area contributed by atoms with E-state index in [0.717, 1.165) is 11.9 Å². The van der Waals surface area contributed by atoms with Crippen molar-refractivity contribution < 1.29 is 9.50 Å². The minimum Gasteiger partial charge on any atom is -0.392 e. The minimum atomic E-state index is -0.450. The maximum absolute atomic E-state index is 13.0. The van der Waals surface area contributed by atoms with Crippen LogP contribution in [0.5, 0.6) is 0 Å². The predicted octanol–water partition coefficient (Wildman–Crippen LogP) is 1.74. The third-order valence-corrected chi connectivity index (χ3v) is 2.57. The SMILES string of the molecule is CN(Cc1ccccn1)c1ncc(F)cc1CO. The van der Waals surface area contributed by atoms with Crippen molar-refractivity contribution in [1.82, 2.24) is 9.97 Å². The van der Waals surface area contributed by atoms with E-state index in [-0.39, 0.29) is 6.61 Å². The van der Waals surface area contributed by atoms with E-state index >= 15 is 0 Å². The van der Waals surface area contributed by atoms with Gasteiger partial charge in [0.05, 0.1) is 25.0 Å². The first-order valence-electron chi connectivity index (χ1n) is 5.57. The van der Waals surface area contributed by atoms with Crippen LogP contribution in [0.2, 0.25) is 0 Å². The Bertz CT molecular complexity index is 519. The van der Waals surface area contributed by atoms with Crippen molar-refractivity contribution in [2.24, 2.45) is 0 Å². The summed E-state index contributed by atoms with van der Waals surface area (Å²) in [6.07, 6.45) is 2.86. The van der Waals surface area contributed by atoms with Crippen LogP contribution in [0.25, 0.3) is 0 Å². The summed E-state index contributed by atoms with van der Waals surface area (Å²) in [5, 5.41) is 9.21. The van der Waals surface area contributed by atoms with Crippen molar-refractivity contribution in [2.45, 2.75) is 13.2 Å². The molecule has 0 atom stereocenters. The van der Waals surface area contributed by atoms with Crippen LogP contribution in [0, 0.1) is 5.82 Å². The van der Waals surface area contributed by atoms with Gasteiger partial charge in [-0.15, -0.1) is 0 Å². The van der Waals surface area contributed by atoms with Crippen molar-refractivity contribution in [3.63, 3.8) is 0 Å². The van der Waals surface area contributed by atoms with E-state index in [1.165, 1.54) is 6.07 Å². The van der Waals surface area contributed by atoms with E-state index in [9.17, 15) is 9.50 Å². The largest absolute Gasteiger partial charge is 0.392 e. The molecule has 0 amide bonds. The van der Waals surface area contributed by atoms with Crippen molar-refractivity contribution in [2.75, 3.05) is 11.9 Å². The fourth-order valence-corrected chi connectivity index (χ4v) is 1.74. The standard InChI is InChI=1S/C13H14FN3O/c1-17(8-12-4-2-3-5-15-12)13-10(9-18)6-11(14)7-16-13/h2-7,18H,8-9H2,1H3. The van der Waals surface area contributed by atoms with Crippen molar-refractivity contribution in [3.8, 4) is 0 Å². The Balaban J connectivity index is 2.21. The lowest BCUT2D eigenvalue weighted by atomic mass is 10.2. The Morgan fingerprint density at radius 3 is 2.83 bits per heavy atom. The molecule has 2 rings (SSSR count). The molecule has 0 aliphatic heterocycles. The van der Waals surface area contributed by atoms with Gasteiger partial charge in [-0.3, -0.25) is 4.98 Å². The molecule has 2 aromatic rings. The maximum atomic E-state index is 13.0. The molecule has 2 aromatic heterocycles. The van der Waals surface area contributed by atoms with E-state index in [4.69, 9.17) is 0 Å². The molecule has 0 aliphatic carbocycles. The number of rotatable bonds is 4. The van der Waals surface area contributed by atoms with Gasteiger partial charge in [-0.1, -0.05) is 6.07 Å². The molecule has 1 N–H and O–H groups in total. The summed E-state index contributed by atoms with van der Waals surface area (Å²) in [4.78, 5) is 10.0. The molecule has 0 aliphatic rings. The number of nitrogens with zero attached hydrogens (tertiary/aromatic N) is 3. The Morgan fingerprint density at radius 1 is 1.33 bits per heavy atom. The van der Waals surface area contributed by atoms with Crippen LogP contribution < -0.4 is 4.90 Å². The molecule has 0 fully saturated rings. The first kappa shape index (κ1) is 12.4. The second kappa shape index (κ2) is 5.55. The van der Waals surface area contributed by atoms with Crippen LogP contribution in [0.3, 0.4) is 0 Å². The van der Waals surface area contributed by atoms with Gasteiger partial charge >= 0.3 is 0 Å². The van der Waals surface area contributed by atoms with Gasteiger partial charge in [0.1, 0.15) is 11.6 Å². The number of anilines is 1. The van der Waals surface area contributed by atoms with E-state index in [0.29, 0.717) is 17.9 Å². The molecule has 0 aromatic carbocycles. The van der Waals surface area contributed by atoms with Gasteiger partial charge in [0.2, 0.25) is 0 Å². The van der Waals surface area contributed by atoms with Crippen molar-refractivity contribution in [3.05, 3.63) is 53.7 Å². The summed E-state index contributed by atoms with van der Waals surface area (Å²) in [6, 6.07) is 6.94. The summed E-state index contributed by atoms with van der Waals surface area (Å²) in [5.74, 6) is 0.110. The molecule has 0 spiro atoms. The van der Waals surface area contributed by atoms with E-state index < -0.39 is 5.82 Å².